The van der Waals surface area contributed by atoms with Crippen LogP contribution in [0.1, 0.15) is 27.4 Å². The van der Waals surface area contributed by atoms with Crippen molar-refractivity contribution in [3.05, 3.63) is 108 Å². The fraction of sp³-hybridized carbons (Fsp3) is 0.0400. The molecule has 1 aliphatic rings. The van der Waals surface area contributed by atoms with Crippen LogP contribution in [0.5, 0.6) is 11.5 Å². The first-order valence-corrected chi connectivity index (χ1v) is 9.65. The Labute approximate surface area is 173 Å². The number of fused-ring (bicyclic) bond motifs is 3. The van der Waals surface area contributed by atoms with Crippen molar-refractivity contribution in [2.75, 3.05) is 0 Å². The molecule has 0 saturated heterocycles. The molecule has 0 bridgehead atoms. The summed E-state index contributed by atoms with van der Waals surface area (Å²) in [7, 11) is 0. The van der Waals surface area contributed by atoms with Gasteiger partial charge in [-0.2, -0.15) is 0 Å². The van der Waals surface area contributed by atoms with Crippen LogP contribution in [0.3, 0.4) is 0 Å². The first kappa shape index (κ1) is 17.9. The Balaban J connectivity index is 1.38. The molecule has 0 atom stereocenters. The molecule has 0 aromatic heterocycles. The van der Waals surface area contributed by atoms with Gasteiger partial charge in [-0.3, -0.25) is 20.4 Å². The molecule has 0 saturated carbocycles. The number of benzene rings is 4. The van der Waals surface area contributed by atoms with E-state index in [0.29, 0.717) is 17.1 Å². The van der Waals surface area contributed by atoms with Crippen LogP contribution >= 0.6 is 0 Å². The smallest absolute Gasteiger partial charge is 0.269 e. The molecule has 0 unspecified atom stereocenters. The van der Waals surface area contributed by atoms with E-state index >= 15 is 0 Å². The molecule has 5 nitrogen and oxygen atoms in total. The SMILES string of the molecule is O=C(NNC(=O)C1c2ccccc2Oc2ccccc21)c1ccc2ccccc2c1. The van der Waals surface area contributed by atoms with Crippen LogP contribution in [-0.2, 0) is 4.79 Å². The zero-order valence-electron chi connectivity index (χ0n) is 16.0. The molecule has 0 radical (unpaired) electrons. The quantitative estimate of drug-likeness (QED) is 0.491. The second-order valence-electron chi connectivity index (χ2n) is 7.12. The minimum Gasteiger partial charge on any atom is -0.457 e. The van der Waals surface area contributed by atoms with Crippen LogP contribution in [0.15, 0.2) is 91.0 Å². The maximum atomic E-state index is 13.1. The predicted molar refractivity (Wildman–Crippen MR) is 114 cm³/mol. The van der Waals surface area contributed by atoms with Gasteiger partial charge in [0.1, 0.15) is 11.5 Å². The van der Waals surface area contributed by atoms with Crippen LogP contribution in [0, 0.1) is 0 Å². The van der Waals surface area contributed by atoms with Crippen LogP contribution < -0.4 is 15.6 Å². The summed E-state index contributed by atoms with van der Waals surface area (Å²) in [6, 6.07) is 28.1. The maximum absolute atomic E-state index is 13.1. The Morgan fingerprint density at radius 1 is 0.667 bits per heavy atom. The Morgan fingerprint density at radius 2 is 1.27 bits per heavy atom. The summed E-state index contributed by atoms with van der Waals surface area (Å²) in [6.07, 6.45) is 0. The molecule has 1 aliphatic heterocycles. The lowest BCUT2D eigenvalue weighted by molar-refractivity contribution is -0.122. The molecule has 4 aromatic rings. The maximum Gasteiger partial charge on any atom is 0.269 e. The third-order valence-electron chi connectivity index (χ3n) is 5.25. The molecule has 5 rings (SSSR count). The summed E-state index contributed by atoms with van der Waals surface area (Å²) >= 11 is 0. The number of rotatable bonds is 2. The Hall–Kier alpha value is -4.12. The highest BCUT2D eigenvalue weighted by Gasteiger charge is 2.32. The van der Waals surface area contributed by atoms with Gasteiger partial charge in [-0.1, -0.05) is 66.7 Å². The summed E-state index contributed by atoms with van der Waals surface area (Å²) in [6.45, 7) is 0. The fourth-order valence-electron chi connectivity index (χ4n) is 3.79. The molecule has 30 heavy (non-hydrogen) atoms. The Kier molecular flexibility index (Phi) is 4.41. The van der Waals surface area contributed by atoms with Crippen molar-refractivity contribution >= 4 is 22.6 Å². The van der Waals surface area contributed by atoms with E-state index in [0.717, 1.165) is 21.9 Å². The summed E-state index contributed by atoms with van der Waals surface area (Å²) in [5.74, 6) is -0.00691. The van der Waals surface area contributed by atoms with Crippen LogP contribution in [0.25, 0.3) is 10.8 Å². The number of hydrogen-bond donors (Lipinski definition) is 2. The zero-order chi connectivity index (χ0) is 20.5. The van der Waals surface area contributed by atoms with Gasteiger partial charge in [0.15, 0.2) is 0 Å². The van der Waals surface area contributed by atoms with E-state index in [9.17, 15) is 9.59 Å². The van der Waals surface area contributed by atoms with E-state index in [1.165, 1.54) is 0 Å². The number of hydrogen-bond acceptors (Lipinski definition) is 3. The number of para-hydroxylation sites is 2. The van der Waals surface area contributed by atoms with Crippen molar-refractivity contribution in [3.63, 3.8) is 0 Å². The third-order valence-corrected chi connectivity index (χ3v) is 5.25. The molecule has 2 amide bonds. The highest BCUT2D eigenvalue weighted by molar-refractivity contribution is 6.00. The summed E-state index contributed by atoms with van der Waals surface area (Å²) < 4.78 is 5.93. The molecule has 0 fully saturated rings. The van der Waals surface area contributed by atoms with Gasteiger partial charge in [0, 0.05) is 16.7 Å². The van der Waals surface area contributed by atoms with Gasteiger partial charge < -0.3 is 4.74 Å². The van der Waals surface area contributed by atoms with Crippen molar-refractivity contribution in [3.8, 4) is 11.5 Å². The lowest BCUT2D eigenvalue weighted by Gasteiger charge is -2.27. The van der Waals surface area contributed by atoms with Crippen LogP contribution in [0.2, 0.25) is 0 Å². The lowest BCUT2D eigenvalue weighted by Crippen LogP contribution is -2.44. The molecule has 0 aliphatic carbocycles. The first-order chi connectivity index (χ1) is 14.7. The van der Waals surface area contributed by atoms with Gasteiger partial charge in [0.25, 0.3) is 11.8 Å². The minimum absolute atomic E-state index is 0.327. The highest BCUT2D eigenvalue weighted by Crippen LogP contribution is 2.43. The number of hydrazine groups is 1. The number of ether oxygens (including phenoxy) is 1. The molecule has 0 spiro atoms. The topological polar surface area (TPSA) is 67.4 Å². The third kappa shape index (κ3) is 3.16. The minimum atomic E-state index is -0.581. The highest BCUT2D eigenvalue weighted by atomic mass is 16.5. The summed E-state index contributed by atoms with van der Waals surface area (Å²) in [4.78, 5) is 25.7. The van der Waals surface area contributed by atoms with E-state index in [4.69, 9.17) is 4.74 Å². The van der Waals surface area contributed by atoms with Gasteiger partial charge in [-0.15, -0.1) is 0 Å². The molecule has 4 aromatic carbocycles. The van der Waals surface area contributed by atoms with Crippen molar-refractivity contribution in [1.82, 2.24) is 10.9 Å². The Bertz CT molecular complexity index is 1240. The first-order valence-electron chi connectivity index (χ1n) is 9.65. The van der Waals surface area contributed by atoms with Gasteiger partial charge in [-0.25, -0.2) is 0 Å². The zero-order valence-corrected chi connectivity index (χ0v) is 16.0. The van der Waals surface area contributed by atoms with Gasteiger partial charge in [0.2, 0.25) is 0 Å². The van der Waals surface area contributed by atoms with Crippen LogP contribution in [0.4, 0.5) is 0 Å². The summed E-state index contributed by atoms with van der Waals surface area (Å²) in [5, 5.41) is 2.01. The van der Waals surface area contributed by atoms with Gasteiger partial charge in [-0.05, 0) is 35.0 Å². The molecule has 2 N–H and O–H groups in total. The summed E-state index contributed by atoms with van der Waals surface area (Å²) in [5.41, 5.74) is 7.12. The number of carbonyl (C=O) groups excluding carboxylic acids is 2. The molecular weight excluding hydrogens is 376 g/mol. The average Bonchev–Trinajstić information content (AvgIpc) is 2.80. The van der Waals surface area contributed by atoms with Crippen LogP contribution in [-0.4, -0.2) is 11.8 Å². The van der Waals surface area contributed by atoms with Crippen molar-refractivity contribution < 1.29 is 14.3 Å². The molecule has 5 heteroatoms. The lowest BCUT2D eigenvalue weighted by atomic mass is 9.87. The van der Waals surface area contributed by atoms with E-state index in [-0.39, 0.29) is 11.8 Å². The molecule has 146 valence electrons. The van der Waals surface area contributed by atoms with Gasteiger partial charge >= 0.3 is 0 Å². The van der Waals surface area contributed by atoms with E-state index in [1.807, 2.05) is 78.9 Å². The normalized spacial score (nSPS) is 12.4. The van der Waals surface area contributed by atoms with E-state index in [1.54, 1.807) is 12.1 Å². The van der Waals surface area contributed by atoms with Gasteiger partial charge in [0.05, 0.1) is 5.92 Å². The second-order valence-corrected chi connectivity index (χ2v) is 7.12. The number of carbonyl (C=O) groups is 2. The van der Waals surface area contributed by atoms with E-state index in [2.05, 4.69) is 10.9 Å². The Morgan fingerprint density at radius 3 is 1.97 bits per heavy atom. The predicted octanol–water partition coefficient (Wildman–Crippen LogP) is 4.54. The largest absolute Gasteiger partial charge is 0.457 e. The van der Waals surface area contributed by atoms with Crippen molar-refractivity contribution in [1.29, 1.82) is 0 Å². The molecular formula is C25H18N2O3. The van der Waals surface area contributed by atoms with Crippen molar-refractivity contribution in [2.24, 2.45) is 0 Å². The van der Waals surface area contributed by atoms with E-state index < -0.39 is 5.92 Å². The average molecular weight is 394 g/mol. The standard InChI is InChI=1S/C25H18N2O3/c28-24(18-14-13-16-7-1-2-8-17(16)15-18)26-27-25(29)23-19-9-3-5-11-21(19)30-22-12-6-4-10-20(22)23/h1-15,23H,(H,26,28)(H,27,29). The monoisotopic (exact) mass is 394 g/mol. The second kappa shape index (κ2) is 7.37. The number of amides is 2. The number of nitrogens with one attached hydrogen (secondary N) is 2. The van der Waals surface area contributed by atoms with Crippen molar-refractivity contribution in [2.45, 2.75) is 5.92 Å². The fourth-order valence-corrected chi connectivity index (χ4v) is 3.79. The molecule has 1 heterocycles.